The van der Waals surface area contributed by atoms with Gasteiger partial charge in [0.05, 0.1) is 13.1 Å². The van der Waals surface area contributed by atoms with Crippen LogP contribution in [0.1, 0.15) is 30.3 Å². The zero-order valence-electron chi connectivity index (χ0n) is 20.7. The van der Waals surface area contributed by atoms with Gasteiger partial charge in [-0.05, 0) is 29.8 Å². The lowest BCUT2D eigenvalue weighted by atomic mass is 9.83. The van der Waals surface area contributed by atoms with Crippen molar-refractivity contribution in [2.24, 2.45) is 5.92 Å². The number of quaternary nitrogens is 1. The molecule has 0 spiro atoms. The smallest absolute Gasteiger partial charge is 0.333 e. The van der Waals surface area contributed by atoms with Crippen molar-refractivity contribution in [2.75, 3.05) is 25.0 Å². The molecule has 3 aliphatic heterocycles. The first-order valence-electron chi connectivity index (χ1n) is 13.0. The van der Waals surface area contributed by atoms with Crippen molar-refractivity contribution in [3.8, 4) is 11.5 Å². The van der Waals surface area contributed by atoms with E-state index in [-0.39, 0.29) is 12.1 Å². The molecule has 2 atom stereocenters. The van der Waals surface area contributed by atoms with Crippen LogP contribution in [0, 0.1) is 5.92 Å². The largest absolute Gasteiger partial charge is 0.454 e. The first-order chi connectivity index (χ1) is 18.2. The third kappa shape index (κ3) is 5.13. The number of para-hydroxylation sites is 1. The number of esters is 1. The summed E-state index contributed by atoms with van der Waals surface area (Å²) in [4.78, 5) is 13.6. The Morgan fingerprint density at radius 1 is 0.919 bits per heavy atom. The Kier molecular flexibility index (Phi) is 6.45. The van der Waals surface area contributed by atoms with E-state index in [4.69, 9.17) is 9.15 Å². The van der Waals surface area contributed by atoms with Gasteiger partial charge in [-0.25, -0.2) is 4.79 Å². The van der Waals surface area contributed by atoms with E-state index in [9.17, 15) is 4.79 Å². The highest BCUT2D eigenvalue weighted by molar-refractivity contribution is 5.81. The summed E-state index contributed by atoms with van der Waals surface area (Å²) >= 11 is 0. The summed E-state index contributed by atoms with van der Waals surface area (Å²) in [6.07, 6.45) is 1.93. The number of nitrogens with zero attached hydrogens (tertiary/aromatic N) is 3. The highest BCUT2D eigenvalue weighted by Gasteiger charge is 2.49. The molecule has 0 saturated carbocycles. The summed E-state index contributed by atoms with van der Waals surface area (Å²) in [7, 11) is 0. The van der Waals surface area contributed by atoms with Gasteiger partial charge in [-0.2, -0.15) is 0 Å². The number of hydrogen-bond acceptors (Lipinski definition) is 6. The summed E-state index contributed by atoms with van der Waals surface area (Å²) in [5, 5.41) is 12.0. The molecule has 2 bridgehead atoms. The topological polar surface area (TPSA) is 77.2 Å². The maximum Gasteiger partial charge on any atom is 0.333 e. The predicted octanol–water partition coefficient (Wildman–Crippen LogP) is 5.24. The van der Waals surface area contributed by atoms with Crippen LogP contribution in [0.15, 0.2) is 95.4 Å². The summed E-state index contributed by atoms with van der Waals surface area (Å²) < 4.78 is 13.1. The van der Waals surface area contributed by atoms with E-state index in [1.54, 1.807) is 0 Å². The summed E-state index contributed by atoms with van der Waals surface area (Å²) in [5.74, 6) is 1.33. The third-order valence-corrected chi connectivity index (χ3v) is 7.72. The Bertz CT molecular complexity index is 1320. The molecule has 0 radical (unpaired) electrons. The van der Waals surface area contributed by atoms with Crippen molar-refractivity contribution in [1.29, 1.82) is 0 Å². The van der Waals surface area contributed by atoms with Gasteiger partial charge in [-0.1, -0.05) is 66.7 Å². The molecule has 7 nitrogen and oxygen atoms in total. The number of carbonyl (C=O) groups is 1. The maximum absolute atomic E-state index is 13.6. The van der Waals surface area contributed by atoms with Crippen molar-refractivity contribution in [2.45, 2.75) is 31.5 Å². The highest BCUT2D eigenvalue weighted by Crippen LogP contribution is 2.38. The average molecular weight is 496 g/mol. The molecule has 7 heteroatoms. The van der Waals surface area contributed by atoms with E-state index < -0.39 is 6.04 Å². The lowest BCUT2D eigenvalue weighted by Crippen LogP contribution is -2.64. The molecule has 3 fully saturated rings. The van der Waals surface area contributed by atoms with Gasteiger partial charge in [0.15, 0.2) is 18.7 Å². The minimum Gasteiger partial charge on any atom is -0.454 e. The van der Waals surface area contributed by atoms with Crippen LogP contribution >= 0.6 is 0 Å². The zero-order valence-corrected chi connectivity index (χ0v) is 20.7. The van der Waals surface area contributed by atoms with Crippen LogP contribution in [-0.2, 0) is 16.1 Å². The monoisotopic (exact) mass is 495 g/mol. The average Bonchev–Trinajstić information content (AvgIpc) is 3.41. The number of anilines is 1. The summed E-state index contributed by atoms with van der Waals surface area (Å²) in [6, 6.07) is 28.8. The molecular weight excluding hydrogens is 464 g/mol. The van der Waals surface area contributed by atoms with Crippen LogP contribution in [0.4, 0.5) is 5.69 Å². The molecule has 0 amide bonds. The number of carbonyl (C=O) groups excluding carboxylic acids is 1. The number of ether oxygens (including phenoxy) is 1. The minimum atomic E-state index is -0.572. The quantitative estimate of drug-likeness (QED) is 0.266. The van der Waals surface area contributed by atoms with Gasteiger partial charge < -0.3 is 19.0 Å². The molecule has 3 aromatic carbocycles. The molecule has 3 saturated heterocycles. The van der Waals surface area contributed by atoms with E-state index in [0.29, 0.717) is 24.2 Å². The minimum absolute atomic E-state index is 0.129. The van der Waals surface area contributed by atoms with E-state index >= 15 is 0 Å². The van der Waals surface area contributed by atoms with Gasteiger partial charge in [0.1, 0.15) is 6.54 Å². The SMILES string of the molecule is O=C(O[C@H]1C[N+]2(Cc3nnc(-c4ccccc4)o3)CCC1CC2)C(Nc1ccccc1)c1ccccc1. The van der Waals surface area contributed by atoms with Gasteiger partial charge in [0, 0.05) is 30.0 Å². The van der Waals surface area contributed by atoms with Gasteiger partial charge in [-0.3, -0.25) is 0 Å². The number of hydrogen-bond donors (Lipinski definition) is 1. The number of rotatable bonds is 8. The van der Waals surface area contributed by atoms with Crippen molar-refractivity contribution >= 4 is 11.7 Å². The zero-order chi connectivity index (χ0) is 25.1. The first kappa shape index (κ1) is 23.4. The number of fused-ring (bicyclic) bond motifs is 3. The van der Waals surface area contributed by atoms with Gasteiger partial charge in [0.25, 0.3) is 5.89 Å². The number of piperidine rings is 3. The van der Waals surface area contributed by atoms with Gasteiger partial charge >= 0.3 is 5.97 Å². The molecule has 4 heterocycles. The van der Waals surface area contributed by atoms with Crippen LogP contribution in [0.2, 0.25) is 0 Å². The Labute approximate surface area is 216 Å². The molecule has 37 heavy (non-hydrogen) atoms. The molecule has 188 valence electrons. The number of aromatic nitrogens is 2. The van der Waals surface area contributed by atoms with E-state index in [0.717, 1.165) is 53.8 Å². The highest BCUT2D eigenvalue weighted by atomic mass is 16.5. The van der Waals surface area contributed by atoms with Crippen LogP contribution in [-0.4, -0.2) is 46.4 Å². The maximum atomic E-state index is 13.6. The molecule has 1 unspecified atom stereocenters. The van der Waals surface area contributed by atoms with Crippen LogP contribution in [0.5, 0.6) is 0 Å². The Balaban J connectivity index is 1.17. The second-order valence-corrected chi connectivity index (χ2v) is 10.2. The fourth-order valence-corrected chi connectivity index (χ4v) is 5.72. The Hall–Kier alpha value is -3.97. The second-order valence-electron chi connectivity index (χ2n) is 10.2. The van der Waals surface area contributed by atoms with Crippen LogP contribution in [0.3, 0.4) is 0 Å². The van der Waals surface area contributed by atoms with Crippen molar-refractivity contribution in [3.05, 3.63) is 102 Å². The molecule has 0 aliphatic carbocycles. The molecule has 1 N–H and O–H groups in total. The number of benzene rings is 3. The van der Waals surface area contributed by atoms with Crippen LogP contribution in [0.25, 0.3) is 11.5 Å². The normalized spacial score (nSPS) is 23.4. The van der Waals surface area contributed by atoms with Crippen molar-refractivity contribution in [1.82, 2.24) is 10.2 Å². The number of nitrogens with one attached hydrogen (secondary N) is 1. The lowest BCUT2D eigenvalue weighted by Gasteiger charge is -2.51. The Morgan fingerprint density at radius 2 is 1.57 bits per heavy atom. The van der Waals surface area contributed by atoms with E-state index in [1.807, 2.05) is 91.0 Å². The fourth-order valence-electron chi connectivity index (χ4n) is 5.72. The molecule has 7 rings (SSSR count). The first-order valence-corrected chi connectivity index (χ1v) is 13.0. The van der Waals surface area contributed by atoms with Gasteiger partial charge in [-0.15, -0.1) is 10.2 Å². The van der Waals surface area contributed by atoms with Gasteiger partial charge in [0.2, 0.25) is 5.89 Å². The molecular formula is C30H31N4O3+. The molecule has 3 aliphatic rings. The van der Waals surface area contributed by atoms with E-state index in [2.05, 4.69) is 15.5 Å². The fraction of sp³-hybridized carbons (Fsp3) is 0.300. The lowest BCUT2D eigenvalue weighted by molar-refractivity contribution is -0.959. The summed E-state index contributed by atoms with van der Waals surface area (Å²) in [6.45, 7) is 3.50. The van der Waals surface area contributed by atoms with E-state index in [1.165, 1.54) is 0 Å². The standard InChI is InChI=1S/C30H31N4O3/c35-30(28(23-10-4-1-5-11-23)31-25-14-8-3-9-15-25)36-26-20-34(18-16-22(26)17-19-34)21-27-32-33-29(37-27)24-12-6-2-7-13-24/h1-15,22,26,28,31H,16-21H2/q+1/t22?,26-,28?,34?/m0/s1. The second kappa shape index (κ2) is 10.2. The predicted molar refractivity (Wildman–Crippen MR) is 140 cm³/mol. The third-order valence-electron chi connectivity index (χ3n) is 7.72. The molecule has 4 aromatic rings. The van der Waals surface area contributed by atoms with Crippen molar-refractivity contribution in [3.63, 3.8) is 0 Å². The summed E-state index contributed by atoms with van der Waals surface area (Å²) in [5.41, 5.74) is 2.69. The van der Waals surface area contributed by atoms with Crippen LogP contribution < -0.4 is 5.32 Å². The molecule has 1 aromatic heterocycles. The van der Waals surface area contributed by atoms with Crippen molar-refractivity contribution < 1.29 is 18.4 Å². The Morgan fingerprint density at radius 3 is 2.27 bits per heavy atom.